The number of ether oxygens (including phenoxy) is 2. The molecular weight excluding hydrogens is 436 g/mol. The summed E-state index contributed by atoms with van der Waals surface area (Å²) in [6.07, 6.45) is 8.24. The molecule has 0 heterocycles. The van der Waals surface area contributed by atoms with Gasteiger partial charge in [-0.15, -0.1) is 11.6 Å². The number of halogens is 1. The second-order valence-corrected chi connectivity index (χ2v) is 9.15. The lowest BCUT2D eigenvalue weighted by Crippen LogP contribution is -2.20. The quantitative estimate of drug-likeness (QED) is 0.122. The number of unbranched alkanes of at least 4 members (excludes halogenated alkanes) is 5. The monoisotopic (exact) mass is 472 g/mol. The lowest BCUT2D eigenvalue weighted by molar-refractivity contribution is -0.134. The van der Waals surface area contributed by atoms with Crippen LogP contribution in [-0.2, 0) is 9.53 Å². The molecule has 0 amide bonds. The summed E-state index contributed by atoms with van der Waals surface area (Å²) >= 11 is 6.25. The zero-order chi connectivity index (χ0) is 24.1. The lowest BCUT2D eigenvalue weighted by atomic mass is 10.0. The molecule has 0 fully saturated rings. The van der Waals surface area contributed by atoms with Crippen molar-refractivity contribution < 1.29 is 19.1 Å². The average Bonchev–Trinajstić information content (AvgIpc) is 2.84. The van der Waals surface area contributed by atoms with E-state index in [0.29, 0.717) is 23.7 Å². The molecule has 0 spiro atoms. The summed E-state index contributed by atoms with van der Waals surface area (Å²) in [5.41, 5.74) is 2.43. The van der Waals surface area contributed by atoms with Crippen LogP contribution in [0.2, 0.25) is 0 Å². The third-order valence-corrected chi connectivity index (χ3v) is 6.47. The van der Waals surface area contributed by atoms with E-state index in [0.717, 1.165) is 30.4 Å². The van der Waals surface area contributed by atoms with E-state index in [1.165, 1.54) is 25.7 Å². The number of hydrogen-bond acceptors (Lipinski definition) is 4. The van der Waals surface area contributed by atoms with Gasteiger partial charge in [-0.2, -0.15) is 0 Å². The normalized spacial score (nSPS) is 12.7. The van der Waals surface area contributed by atoms with Gasteiger partial charge in [-0.25, -0.2) is 4.79 Å². The highest BCUT2D eigenvalue weighted by Gasteiger charge is 2.16. The first-order chi connectivity index (χ1) is 15.9. The Balaban J connectivity index is 1.81. The van der Waals surface area contributed by atoms with Crippen molar-refractivity contribution in [3.8, 4) is 16.9 Å². The summed E-state index contributed by atoms with van der Waals surface area (Å²) in [6.45, 7) is 6.51. The summed E-state index contributed by atoms with van der Waals surface area (Å²) in [6, 6.07) is 14.7. The second-order valence-electron chi connectivity index (χ2n) is 8.59. The largest absolute Gasteiger partial charge is 0.461 e. The van der Waals surface area contributed by atoms with Gasteiger partial charge in [0.05, 0.1) is 10.9 Å². The zero-order valence-electron chi connectivity index (χ0n) is 20.1. The SMILES string of the molecule is CCCCCCCCC(=O)Oc1ccc(-c2ccc(C(=O)OCC(Cl)C(C)CC)cc2)cc1. The van der Waals surface area contributed by atoms with Crippen LogP contribution in [-0.4, -0.2) is 23.9 Å². The lowest BCUT2D eigenvalue weighted by Gasteiger charge is -2.16. The Hall–Kier alpha value is -2.33. The van der Waals surface area contributed by atoms with Gasteiger partial charge in [0.2, 0.25) is 0 Å². The van der Waals surface area contributed by atoms with Gasteiger partial charge in [-0.1, -0.05) is 83.6 Å². The highest BCUT2D eigenvalue weighted by Crippen LogP contribution is 2.24. The van der Waals surface area contributed by atoms with Crippen LogP contribution in [0.5, 0.6) is 5.75 Å². The molecule has 2 aromatic carbocycles. The number of rotatable bonds is 14. The Labute approximate surface area is 203 Å². The summed E-state index contributed by atoms with van der Waals surface area (Å²) in [4.78, 5) is 24.3. The van der Waals surface area contributed by atoms with E-state index in [9.17, 15) is 9.59 Å². The Bertz CT molecular complexity index is 845. The van der Waals surface area contributed by atoms with Crippen LogP contribution in [0.3, 0.4) is 0 Å². The van der Waals surface area contributed by atoms with E-state index in [4.69, 9.17) is 21.1 Å². The second kappa shape index (κ2) is 14.7. The van der Waals surface area contributed by atoms with Crippen molar-refractivity contribution in [1.82, 2.24) is 0 Å². The number of hydrogen-bond donors (Lipinski definition) is 0. The van der Waals surface area contributed by atoms with E-state index < -0.39 is 0 Å². The maximum Gasteiger partial charge on any atom is 0.338 e. The van der Waals surface area contributed by atoms with Crippen LogP contribution < -0.4 is 4.74 Å². The van der Waals surface area contributed by atoms with Gasteiger partial charge in [-0.3, -0.25) is 4.79 Å². The average molecular weight is 473 g/mol. The van der Waals surface area contributed by atoms with E-state index in [2.05, 4.69) is 13.8 Å². The molecule has 0 aliphatic carbocycles. The van der Waals surface area contributed by atoms with Crippen LogP contribution in [0.4, 0.5) is 0 Å². The standard InChI is InChI=1S/C28H37ClO4/c1-4-6-7-8-9-10-11-27(30)33-25-18-16-23(17-19-25)22-12-14-24(15-13-22)28(31)32-20-26(29)21(3)5-2/h12-19,21,26H,4-11,20H2,1-3H3. The first-order valence-corrected chi connectivity index (χ1v) is 12.6. The van der Waals surface area contributed by atoms with Gasteiger partial charge in [0, 0.05) is 6.42 Å². The van der Waals surface area contributed by atoms with E-state index in [1.807, 2.05) is 31.2 Å². The van der Waals surface area contributed by atoms with Gasteiger partial charge in [0.1, 0.15) is 12.4 Å². The van der Waals surface area contributed by atoms with Gasteiger partial charge >= 0.3 is 11.9 Å². The number of benzene rings is 2. The molecule has 2 aromatic rings. The van der Waals surface area contributed by atoms with Crippen molar-refractivity contribution in [2.75, 3.05) is 6.61 Å². The zero-order valence-corrected chi connectivity index (χ0v) is 20.9. The number of esters is 2. The van der Waals surface area contributed by atoms with Crippen molar-refractivity contribution in [3.05, 3.63) is 54.1 Å². The molecule has 0 bridgehead atoms. The van der Waals surface area contributed by atoms with Crippen LogP contribution in [0.15, 0.2) is 48.5 Å². The molecule has 0 aliphatic heterocycles. The fourth-order valence-corrected chi connectivity index (χ4v) is 3.65. The molecule has 0 saturated heterocycles. The predicted octanol–water partition coefficient (Wildman–Crippen LogP) is 7.82. The Morgan fingerprint density at radius 2 is 1.42 bits per heavy atom. The van der Waals surface area contributed by atoms with Crippen LogP contribution in [0.1, 0.15) is 82.5 Å². The highest BCUT2D eigenvalue weighted by atomic mass is 35.5. The fraction of sp³-hybridized carbons (Fsp3) is 0.500. The predicted molar refractivity (Wildman–Crippen MR) is 135 cm³/mol. The van der Waals surface area contributed by atoms with Crippen molar-refractivity contribution in [3.63, 3.8) is 0 Å². The first kappa shape index (κ1) is 26.9. The van der Waals surface area contributed by atoms with E-state index in [1.54, 1.807) is 24.3 Å². The van der Waals surface area contributed by atoms with Gasteiger partial charge in [0.15, 0.2) is 0 Å². The van der Waals surface area contributed by atoms with Crippen molar-refractivity contribution in [1.29, 1.82) is 0 Å². The van der Waals surface area contributed by atoms with Gasteiger partial charge < -0.3 is 9.47 Å². The molecule has 5 heteroatoms. The molecule has 180 valence electrons. The minimum Gasteiger partial charge on any atom is -0.461 e. The fourth-order valence-electron chi connectivity index (χ4n) is 3.40. The van der Waals surface area contributed by atoms with Crippen molar-refractivity contribution >= 4 is 23.5 Å². The first-order valence-electron chi connectivity index (χ1n) is 12.2. The molecule has 2 unspecified atom stereocenters. The van der Waals surface area contributed by atoms with E-state index in [-0.39, 0.29) is 23.9 Å². The summed E-state index contributed by atoms with van der Waals surface area (Å²) in [5, 5.41) is -0.184. The number of alkyl halides is 1. The maximum atomic E-state index is 12.3. The highest BCUT2D eigenvalue weighted by molar-refractivity contribution is 6.21. The molecule has 0 radical (unpaired) electrons. The van der Waals surface area contributed by atoms with Crippen LogP contribution in [0, 0.1) is 5.92 Å². The van der Waals surface area contributed by atoms with Gasteiger partial charge in [0.25, 0.3) is 0 Å². The number of carbonyl (C=O) groups is 2. The van der Waals surface area contributed by atoms with Crippen LogP contribution in [0.25, 0.3) is 11.1 Å². The molecule has 2 rings (SSSR count). The summed E-state index contributed by atoms with van der Waals surface area (Å²) in [7, 11) is 0. The molecule has 0 aromatic heterocycles. The third kappa shape index (κ3) is 9.59. The topological polar surface area (TPSA) is 52.6 Å². The minimum absolute atomic E-state index is 0.184. The number of carbonyl (C=O) groups excluding carboxylic acids is 2. The summed E-state index contributed by atoms with van der Waals surface area (Å²) in [5.74, 6) is 0.281. The van der Waals surface area contributed by atoms with E-state index >= 15 is 0 Å². The minimum atomic E-state index is -0.372. The maximum absolute atomic E-state index is 12.3. The molecule has 0 saturated carbocycles. The van der Waals surface area contributed by atoms with Crippen molar-refractivity contribution in [2.24, 2.45) is 5.92 Å². The Morgan fingerprint density at radius 3 is 2.03 bits per heavy atom. The van der Waals surface area contributed by atoms with Gasteiger partial charge in [-0.05, 0) is 47.7 Å². The van der Waals surface area contributed by atoms with Crippen molar-refractivity contribution in [2.45, 2.75) is 77.5 Å². The molecule has 33 heavy (non-hydrogen) atoms. The molecule has 4 nitrogen and oxygen atoms in total. The summed E-state index contributed by atoms with van der Waals surface area (Å²) < 4.78 is 10.8. The molecule has 0 N–H and O–H groups in total. The molecule has 0 aliphatic rings. The third-order valence-electron chi connectivity index (χ3n) is 5.91. The van der Waals surface area contributed by atoms with Crippen LogP contribution >= 0.6 is 11.6 Å². The molecule has 2 atom stereocenters. The molecular formula is C28H37ClO4. The Morgan fingerprint density at radius 1 is 0.848 bits per heavy atom. The smallest absolute Gasteiger partial charge is 0.338 e. The Kier molecular flexibility index (Phi) is 12.0.